The van der Waals surface area contributed by atoms with Crippen molar-refractivity contribution in [3.8, 4) is 11.5 Å². The molecule has 10 heteroatoms. The van der Waals surface area contributed by atoms with Gasteiger partial charge in [-0.05, 0) is 104 Å². The summed E-state index contributed by atoms with van der Waals surface area (Å²) in [5.74, 6) is 1.76. The Morgan fingerprint density at radius 3 is 2.74 bits per heavy atom. The molecule has 2 N–H and O–H groups in total. The third-order valence-corrected chi connectivity index (χ3v) is 8.37. The van der Waals surface area contributed by atoms with Crippen molar-refractivity contribution in [2.75, 3.05) is 39.1 Å². The van der Waals surface area contributed by atoms with Crippen molar-refractivity contribution in [1.82, 2.24) is 9.88 Å². The number of ether oxygens (including phenoxy) is 2. The van der Waals surface area contributed by atoms with Gasteiger partial charge in [0.1, 0.15) is 11.5 Å². The fourth-order valence-corrected chi connectivity index (χ4v) is 6.16. The summed E-state index contributed by atoms with van der Waals surface area (Å²) in [7, 11) is 1.61. The van der Waals surface area contributed by atoms with Crippen LogP contribution in [0.5, 0.6) is 11.5 Å². The van der Waals surface area contributed by atoms with Crippen molar-refractivity contribution in [3.63, 3.8) is 0 Å². The third kappa shape index (κ3) is 8.48. The Morgan fingerprint density at radius 2 is 1.97 bits per heavy atom. The SMILES string of the molecule is COc1ccc2nccc(C(O)CC[C@@H]3CCN(CCCSc4cccc(OC(F)(F)F)c4)C[C@@H]3CO)c2c1. The molecule has 2 aromatic carbocycles. The molecule has 2 heterocycles. The first-order valence-electron chi connectivity index (χ1n) is 13.2. The van der Waals surface area contributed by atoms with Crippen LogP contribution in [0.15, 0.2) is 59.6 Å². The number of thioether (sulfide) groups is 1. The van der Waals surface area contributed by atoms with Gasteiger partial charge in [-0.2, -0.15) is 0 Å². The van der Waals surface area contributed by atoms with Crippen molar-refractivity contribution in [2.24, 2.45) is 11.8 Å². The molecule has 1 aromatic heterocycles. The smallest absolute Gasteiger partial charge is 0.497 e. The highest BCUT2D eigenvalue weighted by molar-refractivity contribution is 7.99. The normalized spacial score (nSPS) is 19.2. The van der Waals surface area contributed by atoms with Crippen molar-refractivity contribution in [3.05, 3.63) is 60.3 Å². The van der Waals surface area contributed by atoms with Crippen LogP contribution in [0.4, 0.5) is 13.2 Å². The summed E-state index contributed by atoms with van der Waals surface area (Å²) in [6.07, 6.45) is -0.351. The molecule has 3 atom stereocenters. The number of nitrogens with zero attached hydrogens (tertiary/aromatic N) is 2. The minimum absolute atomic E-state index is 0.105. The van der Waals surface area contributed by atoms with Crippen LogP contribution in [0.1, 0.15) is 37.4 Å². The Kier molecular flexibility index (Phi) is 10.3. The number of alkyl halides is 3. The van der Waals surface area contributed by atoms with Gasteiger partial charge in [0.25, 0.3) is 0 Å². The van der Waals surface area contributed by atoms with E-state index in [2.05, 4.69) is 14.6 Å². The van der Waals surface area contributed by atoms with E-state index in [0.29, 0.717) is 12.3 Å². The number of benzene rings is 2. The van der Waals surface area contributed by atoms with E-state index in [9.17, 15) is 23.4 Å². The lowest BCUT2D eigenvalue weighted by molar-refractivity contribution is -0.274. The highest BCUT2D eigenvalue weighted by atomic mass is 32.2. The summed E-state index contributed by atoms with van der Waals surface area (Å²) >= 11 is 1.50. The molecule has 0 aliphatic carbocycles. The van der Waals surface area contributed by atoms with Gasteiger partial charge < -0.3 is 24.6 Å². The molecule has 0 bridgehead atoms. The summed E-state index contributed by atoms with van der Waals surface area (Å²) in [5.41, 5.74) is 1.65. The fraction of sp³-hybridized carbons (Fsp3) is 0.483. The maximum atomic E-state index is 12.5. The molecule has 39 heavy (non-hydrogen) atoms. The number of likely N-dealkylation sites (tertiary alicyclic amines) is 1. The number of aromatic nitrogens is 1. The second-order valence-corrected chi connectivity index (χ2v) is 11.1. The average molecular weight is 565 g/mol. The molecule has 3 aromatic rings. The van der Waals surface area contributed by atoms with E-state index in [0.717, 1.165) is 71.8 Å². The molecule has 1 aliphatic heterocycles. The number of fused-ring (bicyclic) bond motifs is 1. The van der Waals surface area contributed by atoms with Crippen LogP contribution in [0.2, 0.25) is 0 Å². The van der Waals surface area contributed by atoms with E-state index in [1.165, 1.54) is 23.9 Å². The van der Waals surface area contributed by atoms with Crippen LogP contribution in [0.3, 0.4) is 0 Å². The first kappa shape index (κ1) is 29.5. The molecular weight excluding hydrogens is 529 g/mol. The summed E-state index contributed by atoms with van der Waals surface area (Å²) in [4.78, 5) is 7.48. The molecule has 212 valence electrons. The van der Waals surface area contributed by atoms with Gasteiger partial charge in [0.05, 0.1) is 18.7 Å². The average Bonchev–Trinajstić information content (AvgIpc) is 2.93. The summed E-state index contributed by atoms with van der Waals surface area (Å²) in [5, 5.41) is 22.0. The lowest BCUT2D eigenvalue weighted by Crippen LogP contribution is -2.42. The number of pyridine rings is 1. The molecule has 1 aliphatic rings. The molecular formula is C29H35F3N2O4S. The molecule has 0 spiro atoms. The van der Waals surface area contributed by atoms with E-state index in [1.807, 2.05) is 24.3 Å². The van der Waals surface area contributed by atoms with E-state index in [-0.39, 0.29) is 18.3 Å². The van der Waals surface area contributed by atoms with E-state index >= 15 is 0 Å². The zero-order valence-electron chi connectivity index (χ0n) is 21.9. The van der Waals surface area contributed by atoms with Gasteiger partial charge in [-0.3, -0.25) is 4.98 Å². The third-order valence-electron chi connectivity index (χ3n) is 7.29. The molecule has 4 rings (SSSR count). The quantitative estimate of drug-likeness (QED) is 0.204. The van der Waals surface area contributed by atoms with Crippen molar-refractivity contribution in [1.29, 1.82) is 0 Å². The molecule has 0 saturated carbocycles. The summed E-state index contributed by atoms with van der Waals surface area (Å²) in [6.45, 7) is 2.69. The number of hydrogen-bond acceptors (Lipinski definition) is 7. The summed E-state index contributed by atoms with van der Waals surface area (Å²) in [6, 6.07) is 13.6. The highest BCUT2D eigenvalue weighted by Crippen LogP contribution is 2.34. The first-order chi connectivity index (χ1) is 18.8. The number of hydrogen-bond donors (Lipinski definition) is 2. The van der Waals surface area contributed by atoms with Crippen LogP contribution in [0.25, 0.3) is 10.9 Å². The van der Waals surface area contributed by atoms with Gasteiger partial charge >= 0.3 is 6.36 Å². The lowest BCUT2D eigenvalue weighted by atomic mass is 9.81. The Hall–Kier alpha value is -2.53. The zero-order chi connectivity index (χ0) is 27.8. The van der Waals surface area contributed by atoms with Gasteiger partial charge in [0.2, 0.25) is 0 Å². The van der Waals surface area contributed by atoms with E-state index < -0.39 is 12.5 Å². The molecule has 1 unspecified atom stereocenters. The van der Waals surface area contributed by atoms with Gasteiger partial charge in [-0.25, -0.2) is 0 Å². The van der Waals surface area contributed by atoms with Crippen LogP contribution in [0, 0.1) is 11.8 Å². The predicted molar refractivity (Wildman–Crippen MR) is 146 cm³/mol. The number of aliphatic hydroxyl groups is 2. The molecule has 1 saturated heterocycles. The Morgan fingerprint density at radius 1 is 1.13 bits per heavy atom. The number of rotatable bonds is 12. The number of halogens is 3. The highest BCUT2D eigenvalue weighted by Gasteiger charge is 2.31. The minimum atomic E-state index is -4.70. The van der Waals surface area contributed by atoms with Crippen LogP contribution in [-0.2, 0) is 0 Å². The lowest BCUT2D eigenvalue weighted by Gasteiger charge is -2.38. The zero-order valence-corrected chi connectivity index (χ0v) is 22.8. The van der Waals surface area contributed by atoms with Gasteiger partial charge in [0.15, 0.2) is 0 Å². The maximum Gasteiger partial charge on any atom is 0.573 e. The number of piperidine rings is 1. The Balaban J connectivity index is 1.23. The number of methoxy groups -OCH3 is 1. The largest absolute Gasteiger partial charge is 0.573 e. The van der Waals surface area contributed by atoms with Crippen LogP contribution >= 0.6 is 11.8 Å². The number of aliphatic hydroxyl groups excluding tert-OH is 2. The maximum absolute atomic E-state index is 12.5. The molecule has 0 amide bonds. The molecule has 1 fully saturated rings. The summed E-state index contributed by atoms with van der Waals surface area (Å²) < 4.78 is 46.7. The van der Waals surface area contributed by atoms with E-state index in [4.69, 9.17) is 4.74 Å². The minimum Gasteiger partial charge on any atom is -0.497 e. The monoisotopic (exact) mass is 564 g/mol. The Labute approximate surface area is 231 Å². The second-order valence-electron chi connectivity index (χ2n) is 9.89. The topological polar surface area (TPSA) is 75.1 Å². The van der Waals surface area contributed by atoms with Crippen molar-refractivity contribution >= 4 is 22.7 Å². The molecule has 6 nitrogen and oxygen atoms in total. The van der Waals surface area contributed by atoms with Gasteiger partial charge in [-0.15, -0.1) is 24.9 Å². The van der Waals surface area contributed by atoms with E-state index in [1.54, 1.807) is 25.4 Å². The standard InChI is InChI=1S/C29H35F3N2O4S/c1-37-22-7-8-27-26(17-22)25(10-12-33-27)28(36)9-6-20-11-14-34(18-21(20)19-35)13-3-15-39-24-5-2-4-23(16-24)38-29(30,31)32/h2,4-5,7-8,10,12,16-17,20-21,28,35-36H,3,6,9,11,13-15,18-19H2,1H3/t20-,21-,28?/m1/s1. The second kappa shape index (κ2) is 13.7. The van der Waals surface area contributed by atoms with Gasteiger partial charge in [0, 0.05) is 29.6 Å². The van der Waals surface area contributed by atoms with Crippen LogP contribution < -0.4 is 9.47 Å². The first-order valence-corrected chi connectivity index (χ1v) is 14.2. The molecule has 0 radical (unpaired) electrons. The predicted octanol–water partition coefficient (Wildman–Crippen LogP) is 6.07. The van der Waals surface area contributed by atoms with Crippen molar-refractivity contribution in [2.45, 2.75) is 43.0 Å². The fourth-order valence-electron chi connectivity index (χ4n) is 5.28. The van der Waals surface area contributed by atoms with Crippen molar-refractivity contribution < 1.29 is 32.9 Å². The Bertz CT molecular complexity index is 1210. The van der Waals surface area contributed by atoms with Crippen LogP contribution in [-0.4, -0.2) is 65.6 Å². The van der Waals surface area contributed by atoms with Gasteiger partial charge in [-0.1, -0.05) is 6.07 Å².